The second kappa shape index (κ2) is 8.58. The lowest BCUT2D eigenvalue weighted by Crippen LogP contribution is -2.37. The third-order valence-electron chi connectivity index (χ3n) is 3.76. The van der Waals surface area contributed by atoms with Crippen LogP contribution in [0.5, 0.6) is 11.5 Å². The smallest absolute Gasteiger partial charge is 0.244 e. The first kappa shape index (κ1) is 19.6. The van der Waals surface area contributed by atoms with Crippen molar-refractivity contribution >= 4 is 34.8 Å². The molecular weight excluding hydrogens is 356 g/mol. The van der Waals surface area contributed by atoms with Crippen molar-refractivity contribution in [3.8, 4) is 11.5 Å². The number of aryl methyl sites for hydroxylation is 1. The molecule has 0 radical (unpaired) electrons. The van der Waals surface area contributed by atoms with Gasteiger partial charge in [0.1, 0.15) is 18.0 Å². The average Bonchev–Trinajstić information content (AvgIpc) is 2.61. The van der Waals surface area contributed by atoms with Crippen LogP contribution in [0.4, 0.5) is 11.4 Å². The Morgan fingerprint density at radius 2 is 1.69 bits per heavy atom. The van der Waals surface area contributed by atoms with Crippen LogP contribution in [-0.2, 0) is 9.59 Å². The molecule has 6 nitrogen and oxygen atoms in total. The molecule has 0 saturated heterocycles. The maximum absolute atomic E-state index is 12.4. The number of hydrogen-bond acceptors (Lipinski definition) is 4. The first-order chi connectivity index (χ1) is 12.3. The number of benzene rings is 2. The molecule has 1 N–H and O–H groups in total. The summed E-state index contributed by atoms with van der Waals surface area (Å²) in [5, 5.41) is 3.12. The van der Waals surface area contributed by atoms with Gasteiger partial charge in [-0.25, -0.2) is 0 Å². The van der Waals surface area contributed by atoms with Gasteiger partial charge in [0, 0.05) is 24.7 Å². The van der Waals surface area contributed by atoms with Crippen LogP contribution in [0.3, 0.4) is 0 Å². The molecule has 0 aromatic heterocycles. The van der Waals surface area contributed by atoms with Crippen LogP contribution < -0.4 is 19.7 Å². The Balaban J connectivity index is 2.27. The predicted molar refractivity (Wildman–Crippen MR) is 102 cm³/mol. The minimum atomic E-state index is -0.333. The van der Waals surface area contributed by atoms with Crippen LogP contribution >= 0.6 is 11.6 Å². The molecular formula is C19H21ClN2O4. The van der Waals surface area contributed by atoms with Gasteiger partial charge in [-0.1, -0.05) is 29.3 Å². The van der Waals surface area contributed by atoms with Crippen molar-refractivity contribution in [3.63, 3.8) is 0 Å². The summed E-state index contributed by atoms with van der Waals surface area (Å²) in [6.45, 7) is 3.16. The Morgan fingerprint density at radius 1 is 1.08 bits per heavy atom. The average molecular weight is 377 g/mol. The predicted octanol–water partition coefficient (Wildman–Crippen LogP) is 3.66. The van der Waals surface area contributed by atoms with Crippen LogP contribution in [0.25, 0.3) is 0 Å². The number of methoxy groups -OCH3 is 2. The van der Waals surface area contributed by atoms with Crippen LogP contribution in [-0.4, -0.2) is 32.6 Å². The lowest BCUT2D eigenvalue weighted by atomic mass is 10.2. The van der Waals surface area contributed by atoms with E-state index < -0.39 is 0 Å². The fraction of sp³-hybridized carbons (Fsp3) is 0.263. The van der Waals surface area contributed by atoms with Gasteiger partial charge in [-0.2, -0.15) is 0 Å². The van der Waals surface area contributed by atoms with Gasteiger partial charge in [0.2, 0.25) is 11.8 Å². The molecule has 2 amide bonds. The number of carbonyl (C=O) groups is 2. The minimum Gasteiger partial charge on any atom is -0.495 e. The van der Waals surface area contributed by atoms with E-state index in [-0.39, 0.29) is 18.4 Å². The highest BCUT2D eigenvalue weighted by atomic mass is 35.5. The lowest BCUT2D eigenvalue weighted by Gasteiger charge is -2.23. The second-order valence-electron chi connectivity index (χ2n) is 5.68. The van der Waals surface area contributed by atoms with Crippen molar-refractivity contribution in [2.45, 2.75) is 13.8 Å². The summed E-state index contributed by atoms with van der Waals surface area (Å²) < 4.78 is 10.5. The van der Waals surface area contributed by atoms with E-state index in [0.29, 0.717) is 27.9 Å². The van der Waals surface area contributed by atoms with E-state index in [1.807, 2.05) is 19.1 Å². The zero-order valence-corrected chi connectivity index (χ0v) is 15.9. The SMILES string of the molecule is COc1cc(N(CC(=O)Nc2ccc(C)cc2)C(C)=O)c(OC)cc1Cl. The Labute approximate surface area is 157 Å². The molecule has 0 atom stereocenters. The monoisotopic (exact) mass is 376 g/mol. The van der Waals surface area contributed by atoms with Gasteiger partial charge in [0.05, 0.1) is 24.9 Å². The highest BCUT2D eigenvalue weighted by Gasteiger charge is 2.22. The number of anilines is 2. The number of nitrogens with one attached hydrogen (secondary N) is 1. The highest BCUT2D eigenvalue weighted by molar-refractivity contribution is 6.32. The minimum absolute atomic E-state index is 0.176. The largest absolute Gasteiger partial charge is 0.495 e. The van der Waals surface area contributed by atoms with Gasteiger partial charge >= 0.3 is 0 Å². The third kappa shape index (κ3) is 4.67. The summed E-state index contributed by atoms with van der Waals surface area (Å²) in [7, 11) is 2.94. The number of hydrogen-bond donors (Lipinski definition) is 1. The maximum atomic E-state index is 12.4. The van der Waals surface area contributed by atoms with Crippen molar-refractivity contribution in [3.05, 3.63) is 47.0 Å². The number of ether oxygens (including phenoxy) is 2. The fourth-order valence-electron chi connectivity index (χ4n) is 2.40. The zero-order chi connectivity index (χ0) is 19.3. The van der Waals surface area contributed by atoms with E-state index >= 15 is 0 Å². The van der Waals surface area contributed by atoms with Crippen LogP contribution in [0, 0.1) is 6.92 Å². The van der Waals surface area contributed by atoms with Crippen LogP contribution in [0.1, 0.15) is 12.5 Å². The van der Waals surface area contributed by atoms with Gasteiger partial charge in [-0.3, -0.25) is 14.5 Å². The summed E-state index contributed by atoms with van der Waals surface area (Å²) in [5.41, 5.74) is 2.15. The summed E-state index contributed by atoms with van der Waals surface area (Å²) in [5.74, 6) is 0.105. The number of nitrogens with zero attached hydrogens (tertiary/aromatic N) is 1. The van der Waals surface area contributed by atoms with Crippen molar-refractivity contribution < 1.29 is 19.1 Å². The quantitative estimate of drug-likeness (QED) is 0.835. The molecule has 0 aliphatic carbocycles. The van der Waals surface area contributed by atoms with E-state index in [4.69, 9.17) is 21.1 Å². The van der Waals surface area contributed by atoms with Crippen molar-refractivity contribution in [1.29, 1.82) is 0 Å². The van der Waals surface area contributed by atoms with Crippen LogP contribution in [0.2, 0.25) is 5.02 Å². The van der Waals surface area contributed by atoms with Crippen molar-refractivity contribution in [2.75, 3.05) is 31.0 Å². The fourth-order valence-corrected chi connectivity index (χ4v) is 2.63. The van der Waals surface area contributed by atoms with Gasteiger partial charge in [0.15, 0.2) is 0 Å². The van der Waals surface area contributed by atoms with E-state index in [1.165, 1.54) is 26.0 Å². The van der Waals surface area contributed by atoms with Gasteiger partial charge in [-0.05, 0) is 19.1 Å². The Morgan fingerprint density at radius 3 is 2.23 bits per heavy atom. The first-order valence-corrected chi connectivity index (χ1v) is 8.29. The highest BCUT2D eigenvalue weighted by Crippen LogP contribution is 2.38. The topological polar surface area (TPSA) is 67.9 Å². The molecule has 138 valence electrons. The van der Waals surface area contributed by atoms with Crippen molar-refractivity contribution in [1.82, 2.24) is 0 Å². The molecule has 2 aromatic rings. The summed E-state index contributed by atoms with van der Waals surface area (Å²) in [6, 6.07) is 10.5. The van der Waals surface area contributed by atoms with Gasteiger partial charge in [0.25, 0.3) is 0 Å². The second-order valence-corrected chi connectivity index (χ2v) is 6.09. The van der Waals surface area contributed by atoms with Gasteiger partial charge < -0.3 is 14.8 Å². The molecule has 2 aromatic carbocycles. The summed E-state index contributed by atoms with van der Waals surface area (Å²) in [6.07, 6.45) is 0. The standard InChI is InChI=1S/C19H21ClN2O4/c1-12-5-7-14(8-6-12)21-19(24)11-22(13(2)23)16-10-17(25-3)15(20)9-18(16)26-4/h5-10H,11H2,1-4H3,(H,21,24). The summed E-state index contributed by atoms with van der Waals surface area (Å²) >= 11 is 6.10. The van der Waals surface area contributed by atoms with E-state index in [0.717, 1.165) is 5.56 Å². The van der Waals surface area contributed by atoms with Crippen molar-refractivity contribution in [2.24, 2.45) is 0 Å². The van der Waals surface area contributed by atoms with E-state index in [2.05, 4.69) is 5.32 Å². The molecule has 0 unspecified atom stereocenters. The number of carbonyl (C=O) groups excluding carboxylic acids is 2. The van der Waals surface area contributed by atoms with Gasteiger partial charge in [-0.15, -0.1) is 0 Å². The number of amides is 2. The molecule has 0 heterocycles. The Bertz CT molecular complexity index is 806. The normalized spacial score (nSPS) is 10.2. The molecule has 7 heteroatoms. The van der Waals surface area contributed by atoms with Crippen LogP contribution in [0.15, 0.2) is 36.4 Å². The number of rotatable bonds is 6. The Kier molecular flexibility index (Phi) is 6.46. The molecule has 0 aliphatic rings. The van der Waals surface area contributed by atoms with E-state index in [1.54, 1.807) is 24.3 Å². The molecule has 0 bridgehead atoms. The molecule has 0 fully saturated rings. The molecule has 0 spiro atoms. The van der Waals surface area contributed by atoms with E-state index in [9.17, 15) is 9.59 Å². The molecule has 26 heavy (non-hydrogen) atoms. The molecule has 2 rings (SSSR count). The maximum Gasteiger partial charge on any atom is 0.244 e. The zero-order valence-electron chi connectivity index (χ0n) is 15.1. The molecule has 0 saturated carbocycles. The first-order valence-electron chi connectivity index (χ1n) is 7.92. The lowest BCUT2D eigenvalue weighted by molar-refractivity contribution is -0.120. The summed E-state index contributed by atoms with van der Waals surface area (Å²) in [4.78, 5) is 25.9. The number of halogens is 1. The molecule has 0 aliphatic heterocycles. The Hall–Kier alpha value is -2.73. The third-order valence-corrected chi connectivity index (χ3v) is 4.06.